The van der Waals surface area contributed by atoms with Crippen LogP contribution in [0.1, 0.15) is 32.1 Å². The van der Waals surface area contributed by atoms with E-state index in [-0.39, 0.29) is 10.8 Å². The molecule has 2 aromatic rings. The smallest absolute Gasteiger partial charge is 0.241 e. The third-order valence-corrected chi connectivity index (χ3v) is 6.87. The van der Waals surface area contributed by atoms with Crippen LogP contribution in [-0.4, -0.2) is 69.0 Å². The highest BCUT2D eigenvalue weighted by Crippen LogP contribution is 2.18. The number of likely N-dealkylation sites (tertiary alicyclic amines) is 1. The van der Waals surface area contributed by atoms with Gasteiger partial charge in [0, 0.05) is 51.8 Å². The molecule has 0 spiro atoms. The number of piperidine rings is 1. The molecule has 10 heteroatoms. The standard InChI is InChI=1S/C21H32N6O3S/c1-26(2)17-8-10-18(11-9-17)31(29,30)25-19(20(28)27-15-4-3-5-16-27)7-6-12-22-21-23-13-14-24-21/h8-11,13-14,19,25H,3-7,12,15-16H2,1-2H3,(H2,22,23,24)/t19-/m0/s1. The van der Waals surface area contributed by atoms with Gasteiger partial charge in [0.2, 0.25) is 15.9 Å². The number of rotatable bonds is 10. The summed E-state index contributed by atoms with van der Waals surface area (Å²) in [6.45, 7) is 1.94. The number of H-pyrrole nitrogens is 1. The number of aromatic amines is 1. The van der Waals surface area contributed by atoms with Gasteiger partial charge in [-0.15, -0.1) is 0 Å². The second kappa shape index (κ2) is 10.6. The Morgan fingerprint density at radius 3 is 2.52 bits per heavy atom. The fourth-order valence-electron chi connectivity index (χ4n) is 3.62. The molecular weight excluding hydrogens is 416 g/mol. The molecule has 31 heavy (non-hydrogen) atoms. The molecule has 1 atom stereocenters. The zero-order valence-electron chi connectivity index (χ0n) is 18.2. The molecule has 1 aromatic carbocycles. The van der Waals surface area contributed by atoms with Gasteiger partial charge in [-0.3, -0.25) is 4.79 Å². The summed E-state index contributed by atoms with van der Waals surface area (Å²) in [5.74, 6) is 0.506. The molecule has 0 saturated carbocycles. The number of imidazole rings is 1. The maximum atomic E-state index is 13.1. The molecule has 3 rings (SSSR count). The molecule has 0 bridgehead atoms. The Labute approximate surface area is 184 Å². The van der Waals surface area contributed by atoms with E-state index >= 15 is 0 Å². The fraction of sp³-hybridized carbons (Fsp3) is 0.524. The van der Waals surface area contributed by atoms with Gasteiger partial charge in [0.1, 0.15) is 6.04 Å². The highest BCUT2D eigenvalue weighted by atomic mass is 32.2. The molecule has 170 valence electrons. The summed E-state index contributed by atoms with van der Waals surface area (Å²) in [4.78, 5) is 24.0. The number of hydrogen-bond donors (Lipinski definition) is 3. The van der Waals surface area contributed by atoms with Crippen LogP contribution < -0.4 is 14.9 Å². The van der Waals surface area contributed by atoms with Crippen molar-refractivity contribution in [3.05, 3.63) is 36.7 Å². The number of hydrogen-bond acceptors (Lipinski definition) is 6. The summed E-state index contributed by atoms with van der Waals surface area (Å²) in [5, 5.41) is 3.14. The largest absolute Gasteiger partial charge is 0.378 e. The van der Waals surface area contributed by atoms with Crippen LogP contribution in [0.25, 0.3) is 0 Å². The van der Waals surface area contributed by atoms with E-state index in [4.69, 9.17) is 0 Å². The van der Waals surface area contributed by atoms with Crippen molar-refractivity contribution < 1.29 is 13.2 Å². The van der Waals surface area contributed by atoms with Crippen molar-refractivity contribution in [3.63, 3.8) is 0 Å². The minimum atomic E-state index is -3.82. The second-order valence-electron chi connectivity index (χ2n) is 7.95. The Bertz CT molecular complexity index is 923. The van der Waals surface area contributed by atoms with E-state index < -0.39 is 16.1 Å². The highest BCUT2D eigenvalue weighted by Gasteiger charge is 2.29. The van der Waals surface area contributed by atoms with Crippen molar-refractivity contribution in [2.24, 2.45) is 0 Å². The normalized spacial score (nSPS) is 15.5. The number of benzene rings is 1. The van der Waals surface area contributed by atoms with Crippen LogP contribution in [0.4, 0.5) is 11.6 Å². The van der Waals surface area contributed by atoms with Crippen LogP contribution in [0.3, 0.4) is 0 Å². The fourth-order valence-corrected chi connectivity index (χ4v) is 4.84. The Morgan fingerprint density at radius 2 is 1.90 bits per heavy atom. The van der Waals surface area contributed by atoms with Crippen LogP contribution in [0.15, 0.2) is 41.6 Å². The number of anilines is 2. The van der Waals surface area contributed by atoms with Crippen molar-refractivity contribution in [1.82, 2.24) is 19.6 Å². The van der Waals surface area contributed by atoms with E-state index in [2.05, 4.69) is 20.0 Å². The Balaban J connectivity index is 1.68. The van der Waals surface area contributed by atoms with E-state index in [1.807, 2.05) is 19.0 Å². The van der Waals surface area contributed by atoms with Crippen molar-refractivity contribution in [3.8, 4) is 0 Å². The van der Waals surface area contributed by atoms with Crippen molar-refractivity contribution in [2.45, 2.75) is 43.0 Å². The Kier molecular flexibility index (Phi) is 7.91. The third kappa shape index (κ3) is 6.44. The third-order valence-electron chi connectivity index (χ3n) is 5.39. The number of carbonyl (C=O) groups is 1. The lowest BCUT2D eigenvalue weighted by atomic mass is 10.1. The average Bonchev–Trinajstić information content (AvgIpc) is 3.29. The van der Waals surface area contributed by atoms with E-state index in [1.165, 1.54) is 0 Å². The summed E-state index contributed by atoms with van der Waals surface area (Å²) >= 11 is 0. The lowest BCUT2D eigenvalue weighted by Gasteiger charge is -2.30. The maximum Gasteiger partial charge on any atom is 0.241 e. The predicted octanol–water partition coefficient (Wildman–Crippen LogP) is 2.03. The molecule has 1 amide bonds. The van der Waals surface area contributed by atoms with Gasteiger partial charge < -0.3 is 20.1 Å². The van der Waals surface area contributed by atoms with Crippen molar-refractivity contribution >= 4 is 27.6 Å². The minimum absolute atomic E-state index is 0.147. The number of nitrogens with zero attached hydrogens (tertiary/aromatic N) is 3. The summed E-state index contributed by atoms with van der Waals surface area (Å²) in [6.07, 6.45) is 7.41. The first-order valence-electron chi connectivity index (χ1n) is 10.7. The predicted molar refractivity (Wildman–Crippen MR) is 122 cm³/mol. The van der Waals surface area contributed by atoms with E-state index in [1.54, 1.807) is 41.6 Å². The number of nitrogens with one attached hydrogen (secondary N) is 3. The first kappa shape index (κ1) is 23.1. The van der Waals surface area contributed by atoms with E-state index in [0.29, 0.717) is 38.4 Å². The van der Waals surface area contributed by atoms with Gasteiger partial charge in [0.05, 0.1) is 4.90 Å². The molecular formula is C21H32N6O3S. The van der Waals surface area contributed by atoms with E-state index in [0.717, 1.165) is 24.9 Å². The SMILES string of the molecule is CN(C)c1ccc(S(=O)(=O)N[C@@H](CCCNc2ncc[nH]2)C(=O)N2CCCCC2)cc1. The van der Waals surface area contributed by atoms with Crippen LogP contribution in [0, 0.1) is 0 Å². The summed E-state index contributed by atoms with van der Waals surface area (Å²) in [5.41, 5.74) is 0.906. The molecule has 1 fully saturated rings. The lowest BCUT2D eigenvalue weighted by molar-refractivity contribution is -0.134. The Morgan fingerprint density at radius 1 is 1.19 bits per heavy atom. The highest BCUT2D eigenvalue weighted by molar-refractivity contribution is 7.89. The van der Waals surface area contributed by atoms with Gasteiger partial charge in [-0.2, -0.15) is 4.72 Å². The molecule has 3 N–H and O–H groups in total. The van der Waals surface area contributed by atoms with Gasteiger partial charge in [-0.05, 0) is 56.4 Å². The van der Waals surface area contributed by atoms with Crippen LogP contribution in [-0.2, 0) is 14.8 Å². The van der Waals surface area contributed by atoms with Crippen LogP contribution in [0.2, 0.25) is 0 Å². The Hall–Kier alpha value is -2.59. The molecule has 9 nitrogen and oxygen atoms in total. The van der Waals surface area contributed by atoms with Crippen molar-refractivity contribution in [2.75, 3.05) is 43.9 Å². The van der Waals surface area contributed by atoms with Gasteiger partial charge in [-0.1, -0.05) is 0 Å². The molecule has 1 aliphatic heterocycles. The molecule has 1 saturated heterocycles. The van der Waals surface area contributed by atoms with Gasteiger partial charge >= 0.3 is 0 Å². The van der Waals surface area contributed by atoms with Gasteiger partial charge in [-0.25, -0.2) is 13.4 Å². The maximum absolute atomic E-state index is 13.1. The summed E-state index contributed by atoms with van der Waals surface area (Å²) in [6, 6.07) is 5.85. The minimum Gasteiger partial charge on any atom is -0.378 e. The quantitative estimate of drug-likeness (QED) is 0.480. The zero-order chi connectivity index (χ0) is 22.3. The summed E-state index contributed by atoms with van der Waals surface area (Å²) < 4.78 is 28.7. The topological polar surface area (TPSA) is 110 Å². The van der Waals surface area contributed by atoms with E-state index in [9.17, 15) is 13.2 Å². The first-order chi connectivity index (χ1) is 14.9. The molecule has 0 aliphatic carbocycles. The molecule has 0 radical (unpaired) electrons. The average molecular weight is 449 g/mol. The monoisotopic (exact) mass is 448 g/mol. The zero-order valence-corrected chi connectivity index (χ0v) is 19.0. The number of sulfonamides is 1. The number of amides is 1. The summed E-state index contributed by atoms with van der Waals surface area (Å²) in [7, 11) is -0.0316. The van der Waals surface area contributed by atoms with Crippen molar-refractivity contribution in [1.29, 1.82) is 0 Å². The van der Waals surface area contributed by atoms with Gasteiger partial charge in [0.25, 0.3) is 0 Å². The molecule has 0 unspecified atom stereocenters. The number of carbonyl (C=O) groups excluding carboxylic acids is 1. The first-order valence-corrected chi connectivity index (χ1v) is 12.2. The van der Waals surface area contributed by atoms with Crippen LogP contribution in [0.5, 0.6) is 0 Å². The molecule has 2 heterocycles. The second-order valence-corrected chi connectivity index (χ2v) is 9.67. The van der Waals surface area contributed by atoms with Gasteiger partial charge in [0.15, 0.2) is 5.95 Å². The number of aromatic nitrogens is 2. The lowest BCUT2D eigenvalue weighted by Crippen LogP contribution is -2.50. The van der Waals surface area contributed by atoms with Crippen LogP contribution >= 0.6 is 0 Å². The molecule has 1 aliphatic rings. The molecule has 1 aromatic heterocycles.